The van der Waals surface area contributed by atoms with Gasteiger partial charge in [0.05, 0.1) is 28.7 Å². The van der Waals surface area contributed by atoms with Gasteiger partial charge < -0.3 is 19.3 Å². The van der Waals surface area contributed by atoms with Crippen LogP contribution in [0.5, 0.6) is 5.75 Å². The van der Waals surface area contributed by atoms with Crippen LogP contribution in [0, 0.1) is 17.1 Å². The zero-order chi connectivity index (χ0) is 31.3. The predicted octanol–water partition coefficient (Wildman–Crippen LogP) is 5.94. The number of nitriles is 1. The summed E-state index contributed by atoms with van der Waals surface area (Å²) in [6.07, 6.45) is 0. The van der Waals surface area contributed by atoms with Gasteiger partial charge in [0.25, 0.3) is 5.91 Å². The monoisotopic (exact) mass is 610 g/mol. The number of carbonyl (C=O) groups is 1. The standard InChI is InChI=1S/C32H23FN4O6S/c1-37(2)44(39,40)27-15-26-22(28(31(35)38)30(42-26)17-7-10-20(33)11-8-17)14-21(27)18-9-12-24(41-3)23(13-18)32-36-29-19(16-34)5-4-6-25(29)43-32/h4-15H,1-3H3,(H2,35,38). The van der Waals surface area contributed by atoms with Crippen molar-refractivity contribution < 1.29 is 31.2 Å². The number of fused-ring (bicyclic) bond motifs is 2. The number of oxazole rings is 1. The van der Waals surface area contributed by atoms with E-state index in [2.05, 4.69) is 11.1 Å². The molecule has 0 saturated carbocycles. The van der Waals surface area contributed by atoms with E-state index in [1.54, 1.807) is 36.4 Å². The smallest absolute Gasteiger partial charge is 0.253 e. The Labute approximate surface area is 250 Å². The quantitative estimate of drug-likeness (QED) is 0.233. The number of halogens is 1. The number of aromatic nitrogens is 1. The molecule has 0 fully saturated rings. The van der Waals surface area contributed by atoms with Gasteiger partial charge in [-0.25, -0.2) is 22.1 Å². The van der Waals surface area contributed by atoms with Gasteiger partial charge in [-0.2, -0.15) is 5.26 Å². The second-order valence-electron chi connectivity index (χ2n) is 10.0. The fourth-order valence-electron chi connectivity index (χ4n) is 5.01. The summed E-state index contributed by atoms with van der Waals surface area (Å²) in [4.78, 5) is 17.2. The van der Waals surface area contributed by atoms with E-state index < -0.39 is 21.7 Å². The lowest BCUT2D eigenvalue weighted by atomic mass is 9.98. The molecular weight excluding hydrogens is 587 g/mol. The van der Waals surface area contributed by atoms with Crippen LogP contribution < -0.4 is 10.5 Å². The van der Waals surface area contributed by atoms with Crippen molar-refractivity contribution in [1.29, 1.82) is 5.26 Å². The molecule has 0 atom stereocenters. The molecule has 0 unspecified atom stereocenters. The third-order valence-corrected chi connectivity index (χ3v) is 9.04. The lowest BCUT2D eigenvalue weighted by molar-refractivity contribution is 0.100. The van der Waals surface area contributed by atoms with Crippen molar-refractivity contribution in [2.45, 2.75) is 4.90 Å². The Hall–Kier alpha value is -5.51. The molecule has 1 amide bonds. The van der Waals surface area contributed by atoms with E-state index in [1.807, 2.05) is 0 Å². The Morgan fingerprint density at radius 2 is 1.70 bits per heavy atom. The van der Waals surface area contributed by atoms with E-state index >= 15 is 0 Å². The Bertz CT molecular complexity index is 2260. The Kier molecular flexibility index (Phi) is 6.92. The molecule has 44 heavy (non-hydrogen) atoms. The van der Waals surface area contributed by atoms with Crippen molar-refractivity contribution in [3.8, 4) is 45.7 Å². The van der Waals surface area contributed by atoms with E-state index in [0.29, 0.717) is 39.1 Å². The molecule has 0 aliphatic rings. The van der Waals surface area contributed by atoms with Gasteiger partial charge in [0.2, 0.25) is 15.9 Å². The molecule has 6 rings (SSSR count). The molecule has 2 N–H and O–H groups in total. The molecule has 220 valence electrons. The molecule has 0 aliphatic heterocycles. The van der Waals surface area contributed by atoms with Crippen molar-refractivity contribution in [1.82, 2.24) is 9.29 Å². The summed E-state index contributed by atoms with van der Waals surface area (Å²) >= 11 is 0. The predicted molar refractivity (Wildman–Crippen MR) is 161 cm³/mol. The summed E-state index contributed by atoms with van der Waals surface area (Å²) in [5.41, 5.74) is 8.42. The minimum Gasteiger partial charge on any atom is -0.496 e. The van der Waals surface area contributed by atoms with E-state index in [9.17, 15) is 22.9 Å². The number of carbonyl (C=O) groups excluding carboxylic acids is 1. The minimum atomic E-state index is -4.06. The van der Waals surface area contributed by atoms with Gasteiger partial charge in [0.1, 0.15) is 34.5 Å². The van der Waals surface area contributed by atoms with Crippen molar-refractivity contribution in [2.75, 3.05) is 21.2 Å². The molecule has 12 heteroatoms. The van der Waals surface area contributed by atoms with Gasteiger partial charge in [0, 0.05) is 36.7 Å². The van der Waals surface area contributed by atoms with Gasteiger partial charge in [-0.1, -0.05) is 12.1 Å². The highest BCUT2D eigenvalue weighted by molar-refractivity contribution is 7.89. The van der Waals surface area contributed by atoms with Crippen LogP contribution >= 0.6 is 0 Å². The van der Waals surface area contributed by atoms with E-state index in [1.165, 1.54) is 57.6 Å². The first kappa shape index (κ1) is 28.6. The Morgan fingerprint density at radius 3 is 2.36 bits per heavy atom. The second kappa shape index (κ2) is 10.6. The first-order valence-corrected chi connectivity index (χ1v) is 14.5. The van der Waals surface area contributed by atoms with Crippen LogP contribution in [0.15, 0.2) is 86.5 Å². The number of sulfonamides is 1. The van der Waals surface area contributed by atoms with Crippen LogP contribution in [0.3, 0.4) is 0 Å². The third kappa shape index (κ3) is 4.64. The Morgan fingerprint density at radius 1 is 0.977 bits per heavy atom. The summed E-state index contributed by atoms with van der Waals surface area (Å²) in [6.45, 7) is 0. The largest absolute Gasteiger partial charge is 0.496 e. The molecule has 0 bridgehead atoms. The lowest BCUT2D eigenvalue weighted by Crippen LogP contribution is -2.23. The molecule has 6 aromatic rings. The normalized spacial score (nSPS) is 11.7. The van der Waals surface area contributed by atoms with Crippen molar-refractivity contribution >= 4 is 38.0 Å². The number of amides is 1. The third-order valence-electron chi connectivity index (χ3n) is 7.18. The molecule has 0 aliphatic carbocycles. The van der Waals surface area contributed by atoms with E-state index in [-0.39, 0.29) is 38.6 Å². The number of primary amides is 1. The number of ether oxygens (including phenoxy) is 1. The molecule has 0 spiro atoms. The summed E-state index contributed by atoms with van der Waals surface area (Å²) in [5, 5.41) is 9.79. The fraction of sp³-hybridized carbons (Fsp3) is 0.0938. The molecule has 4 aromatic carbocycles. The number of methoxy groups -OCH3 is 1. The molecule has 0 radical (unpaired) electrons. The molecule has 10 nitrogen and oxygen atoms in total. The number of nitrogens with zero attached hydrogens (tertiary/aromatic N) is 3. The van der Waals surface area contributed by atoms with Crippen molar-refractivity contribution in [3.05, 3.63) is 89.7 Å². The highest BCUT2D eigenvalue weighted by Gasteiger charge is 2.28. The van der Waals surface area contributed by atoms with Crippen molar-refractivity contribution in [2.24, 2.45) is 5.73 Å². The van der Waals surface area contributed by atoms with Gasteiger partial charge in [-0.15, -0.1) is 0 Å². The average molecular weight is 611 g/mol. The number of furan rings is 1. The fourth-order valence-corrected chi connectivity index (χ4v) is 6.11. The summed E-state index contributed by atoms with van der Waals surface area (Å²) in [5.74, 6) is -0.679. The maximum atomic E-state index is 13.6. The first-order chi connectivity index (χ1) is 21.0. The van der Waals surface area contributed by atoms with Gasteiger partial charge in [0.15, 0.2) is 5.58 Å². The number of hydrogen-bond acceptors (Lipinski definition) is 8. The zero-order valence-electron chi connectivity index (χ0n) is 23.6. The van der Waals surface area contributed by atoms with Crippen LogP contribution in [-0.2, 0) is 10.0 Å². The van der Waals surface area contributed by atoms with Gasteiger partial charge in [-0.05, 0) is 60.2 Å². The number of nitrogens with two attached hydrogens (primary N) is 1. The summed E-state index contributed by atoms with van der Waals surface area (Å²) < 4.78 is 59.5. The first-order valence-electron chi connectivity index (χ1n) is 13.1. The molecular formula is C32H23FN4O6S. The lowest BCUT2D eigenvalue weighted by Gasteiger charge is -2.16. The van der Waals surface area contributed by atoms with Crippen molar-refractivity contribution in [3.63, 3.8) is 0 Å². The molecule has 2 heterocycles. The van der Waals surface area contributed by atoms with Crippen LogP contribution in [0.2, 0.25) is 0 Å². The number of rotatable bonds is 7. The van der Waals surface area contributed by atoms with E-state index in [4.69, 9.17) is 19.3 Å². The SMILES string of the molecule is COc1ccc(-c2cc3c(C(N)=O)c(-c4ccc(F)cc4)oc3cc2S(=O)(=O)N(C)C)cc1-c1nc2c(C#N)cccc2o1. The summed E-state index contributed by atoms with van der Waals surface area (Å²) in [7, 11) is 0.202. The summed E-state index contributed by atoms with van der Waals surface area (Å²) in [6, 6.07) is 20.2. The minimum absolute atomic E-state index is 0.0124. The molecule has 0 saturated heterocycles. The highest BCUT2D eigenvalue weighted by atomic mass is 32.2. The maximum Gasteiger partial charge on any atom is 0.253 e. The van der Waals surface area contributed by atoms with Crippen LogP contribution in [0.25, 0.3) is 56.0 Å². The highest BCUT2D eigenvalue weighted by Crippen LogP contribution is 2.42. The van der Waals surface area contributed by atoms with Crippen LogP contribution in [0.4, 0.5) is 4.39 Å². The molecule has 2 aromatic heterocycles. The number of benzene rings is 4. The second-order valence-corrected chi connectivity index (χ2v) is 12.1. The Balaban J connectivity index is 1.64. The topological polar surface area (TPSA) is 153 Å². The van der Waals surface area contributed by atoms with Crippen LogP contribution in [0.1, 0.15) is 15.9 Å². The zero-order valence-corrected chi connectivity index (χ0v) is 24.4. The number of para-hydroxylation sites is 1. The van der Waals surface area contributed by atoms with Gasteiger partial charge >= 0.3 is 0 Å². The van der Waals surface area contributed by atoms with Gasteiger partial charge in [-0.3, -0.25) is 4.79 Å². The van der Waals surface area contributed by atoms with Crippen LogP contribution in [-0.4, -0.2) is 44.8 Å². The van der Waals surface area contributed by atoms with E-state index in [0.717, 1.165) is 4.31 Å². The number of hydrogen-bond donors (Lipinski definition) is 1. The maximum absolute atomic E-state index is 13.6. The average Bonchev–Trinajstić information content (AvgIpc) is 3.62.